The summed E-state index contributed by atoms with van der Waals surface area (Å²) >= 11 is 0. The first-order valence-corrected chi connectivity index (χ1v) is 7.97. The lowest BCUT2D eigenvalue weighted by atomic mass is 9.85. The Balaban J connectivity index is 2.44. The van der Waals surface area contributed by atoms with E-state index in [1.807, 2.05) is 0 Å². The van der Waals surface area contributed by atoms with Gasteiger partial charge in [-0.25, -0.2) is 0 Å². The maximum Gasteiger partial charge on any atom is 0.00967 e. The molecular formula is C17H36N2. The number of likely N-dealkylation sites (tertiary alicyclic amines) is 1. The van der Waals surface area contributed by atoms with Crippen molar-refractivity contribution in [1.29, 1.82) is 0 Å². The van der Waals surface area contributed by atoms with Gasteiger partial charge in [0, 0.05) is 18.6 Å². The topological polar surface area (TPSA) is 15.3 Å². The molecule has 2 heteroatoms. The van der Waals surface area contributed by atoms with Crippen molar-refractivity contribution in [2.24, 2.45) is 10.8 Å². The van der Waals surface area contributed by atoms with Gasteiger partial charge in [-0.3, -0.25) is 0 Å². The van der Waals surface area contributed by atoms with E-state index >= 15 is 0 Å². The summed E-state index contributed by atoms with van der Waals surface area (Å²) in [4.78, 5) is 2.68. The van der Waals surface area contributed by atoms with Crippen molar-refractivity contribution in [3.8, 4) is 0 Å². The second-order valence-electron chi connectivity index (χ2n) is 9.06. The lowest BCUT2D eigenvalue weighted by molar-refractivity contribution is 0.165. The highest BCUT2D eigenvalue weighted by Gasteiger charge is 2.27. The highest BCUT2D eigenvalue weighted by molar-refractivity contribution is 4.83. The molecule has 0 atom stereocenters. The van der Waals surface area contributed by atoms with Gasteiger partial charge in [-0.15, -0.1) is 0 Å². The molecule has 0 aromatic carbocycles. The van der Waals surface area contributed by atoms with Crippen molar-refractivity contribution in [2.45, 2.75) is 73.3 Å². The predicted octanol–water partition coefficient (Wildman–Crippen LogP) is 3.91. The van der Waals surface area contributed by atoms with Crippen molar-refractivity contribution in [3.63, 3.8) is 0 Å². The largest absolute Gasteiger partial charge is 0.311 e. The zero-order valence-corrected chi connectivity index (χ0v) is 14.4. The van der Waals surface area contributed by atoms with Gasteiger partial charge in [0.2, 0.25) is 0 Å². The molecule has 0 spiro atoms. The number of hydrogen-bond acceptors (Lipinski definition) is 2. The van der Waals surface area contributed by atoms with E-state index in [1.54, 1.807) is 0 Å². The Hall–Kier alpha value is -0.0800. The van der Waals surface area contributed by atoms with Gasteiger partial charge in [-0.1, -0.05) is 27.7 Å². The Morgan fingerprint density at radius 1 is 1.00 bits per heavy atom. The highest BCUT2D eigenvalue weighted by Crippen LogP contribution is 2.30. The van der Waals surface area contributed by atoms with Gasteiger partial charge in [-0.05, 0) is 64.0 Å². The molecule has 1 fully saturated rings. The van der Waals surface area contributed by atoms with E-state index in [2.05, 4.69) is 58.7 Å². The summed E-state index contributed by atoms with van der Waals surface area (Å²) in [7, 11) is 0. The third-order valence-corrected chi connectivity index (χ3v) is 4.18. The fourth-order valence-corrected chi connectivity index (χ4v) is 2.80. The van der Waals surface area contributed by atoms with Crippen LogP contribution in [0.5, 0.6) is 0 Å². The summed E-state index contributed by atoms with van der Waals surface area (Å²) in [6, 6.07) is 0. The maximum atomic E-state index is 3.66. The Labute approximate surface area is 121 Å². The van der Waals surface area contributed by atoms with E-state index in [0.717, 1.165) is 6.54 Å². The molecule has 0 amide bonds. The Bertz CT molecular complexity index is 273. The fourth-order valence-electron chi connectivity index (χ4n) is 2.80. The van der Waals surface area contributed by atoms with E-state index in [4.69, 9.17) is 0 Å². The minimum atomic E-state index is 0.220. The molecule has 0 aromatic rings. The van der Waals surface area contributed by atoms with Crippen LogP contribution >= 0.6 is 0 Å². The highest BCUT2D eigenvalue weighted by atomic mass is 15.1. The number of nitrogens with one attached hydrogen (secondary N) is 1. The quantitative estimate of drug-likeness (QED) is 0.831. The van der Waals surface area contributed by atoms with Crippen LogP contribution in [0.15, 0.2) is 0 Å². The van der Waals surface area contributed by atoms with Crippen LogP contribution in [0.4, 0.5) is 0 Å². The minimum Gasteiger partial charge on any atom is -0.311 e. The summed E-state index contributed by atoms with van der Waals surface area (Å²) in [6.07, 6.45) is 4.08. The molecule has 1 aliphatic rings. The van der Waals surface area contributed by atoms with Crippen LogP contribution in [0.1, 0.15) is 67.7 Å². The van der Waals surface area contributed by atoms with Crippen LogP contribution < -0.4 is 5.32 Å². The molecule has 114 valence electrons. The molecule has 19 heavy (non-hydrogen) atoms. The Morgan fingerprint density at radius 2 is 1.63 bits per heavy atom. The first kappa shape index (κ1) is 17.0. The van der Waals surface area contributed by atoms with Crippen molar-refractivity contribution in [1.82, 2.24) is 10.2 Å². The molecule has 0 saturated carbocycles. The van der Waals surface area contributed by atoms with Crippen LogP contribution in [0.2, 0.25) is 0 Å². The van der Waals surface area contributed by atoms with Gasteiger partial charge >= 0.3 is 0 Å². The Kier molecular flexibility index (Phi) is 5.48. The first-order valence-electron chi connectivity index (χ1n) is 7.97. The number of rotatable bonds is 4. The van der Waals surface area contributed by atoms with Crippen LogP contribution in [0, 0.1) is 10.8 Å². The molecule has 0 bridgehead atoms. The van der Waals surface area contributed by atoms with Crippen molar-refractivity contribution >= 4 is 0 Å². The number of nitrogens with zero attached hydrogens (tertiary/aromatic N) is 1. The molecule has 1 saturated heterocycles. The molecule has 1 rings (SSSR count). The normalized spacial score (nSPS) is 22.3. The van der Waals surface area contributed by atoms with Crippen molar-refractivity contribution in [2.75, 3.05) is 26.2 Å². The van der Waals surface area contributed by atoms with Crippen LogP contribution in [0.3, 0.4) is 0 Å². The SMILES string of the molecule is CC1(C)CCCN(CC(C)(C)CNC(C)(C)C)CC1. The minimum absolute atomic E-state index is 0.220. The fraction of sp³-hybridized carbons (Fsp3) is 1.00. The second-order valence-corrected chi connectivity index (χ2v) is 9.06. The molecule has 1 aliphatic heterocycles. The smallest absolute Gasteiger partial charge is 0.00967 e. The first-order chi connectivity index (χ1) is 8.49. The lowest BCUT2D eigenvalue weighted by Crippen LogP contribution is -2.46. The van der Waals surface area contributed by atoms with E-state index in [9.17, 15) is 0 Å². The lowest BCUT2D eigenvalue weighted by Gasteiger charge is -2.35. The van der Waals surface area contributed by atoms with E-state index in [-0.39, 0.29) is 5.54 Å². The van der Waals surface area contributed by atoms with E-state index in [1.165, 1.54) is 38.9 Å². The zero-order chi connectivity index (χ0) is 14.7. The summed E-state index contributed by atoms with van der Waals surface area (Å²) in [5.74, 6) is 0. The van der Waals surface area contributed by atoms with Gasteiger partial charge in [-0.2, -0.15) is 0 Å². The standard InChI is InChI=1S/C17H36N2/c1-15(2,3)18-13-17(6,7)14-19-11-8-9-16(4,5)10-12-19/h18H,8-14H2,1-7H3. The van der Waals surface area contributed by atoms with Crippen LogP contribution in [-0.2, 0) is 0 Å². The maximum absolute atomic E-state index is 3.66. The molecule has 1 heterocycles. The van der Waals surface area contributed by atoms with E-state index < -0.39 is 0 Å². The molecule has 2 nitrogen and oxygen atoms in total. The monoisotopic (exact) mass is 268 g/mol. The molecular weight excluding hydrogens is 232 g/mol. The summed E-state index contributed by atoms with van der Waals surface area (Å²) in [5.41, 5.74) is 1.11. The van der Waals surface area contributed by atoms with Crippen molar-refractivity contribution < 1.29 is 0 Å². The van der Waals surface area contributed by atoms with E-state index in [0.29, 0.717) is 10.8 Å². The predicted molar refractivity (Wildman–Crippen MR) is 85.6 cm³/mol. The van der Waals surface area contributed by atoms with Gasteiger partial charge < -0.3 is 10.2 Å². The summed E-state index contributed by atoms with van der Waals surface area (Å²) < 4.78 is 0. The molecule has 0 radical (unpaired) electrons. The molecule has 0 aliphatic carbocycles. The molecule has 0 unspecified atom stereocenters. The third kappa shape index (κ3) is 7.31. The van der Waals surface area contributed by atoms with Gasteiger partial charge in [0.15, 0.2) is 0 Å². The average molecular weight is 268 g/mol. The summed E-state index contributed by atoms with van der Waals surface area (Å²) in [6.45, 7) is 21.2. The molecule has 1 N–H and O–H groups in total. The van der Waals surface area contributed by atoms with Gasteiger partial charge in [0.25, 0.3) is 0 Å². The Morgan fingerprint density at radius 3 is 2.21 bits per heavy atom. The average Bonchev–Trinajstić information content (AvgIpc) is 2.37. The van der Waals surface area contributed by atoms with Crippen LogP contribution in [0.25, 0.3) is 0 Å². The van der Waals surface area contributed by atoms with Crippen molar-refractivity contribution in [3.05, 3.63) is 0 Å². The second kappa shape index (κ2) is 6.13. The van der Waals surface area contributed by atoms with Gasteiger partial charge in [0.1, 0.15) is 0 Å². The summed E-state index contributed by atoms with van der Waals surface area (Å²) in [5, 5.41) is 3.66. The van der Waals surface area contributed by atoms with Gasteiger partial charge in [0.05, 0.1) is 0 Å². The third-order valence-electron chi connectivity index (χ3n) is 4.18. The number of hydrogen-bond donors (Lipinski definition) is 1. The van der Waals surface area contributed by atoms with Crippen LogP contribution in [-0.4, -0.2) is 36.6 Å². The molecule has 0 aromatic heterocycles. The zero-order valence-electron chi connectivity index (χ0n) is 14.4.